The third kappa shape index (κ3) is 2.53. The van der Waals surface area contributed by atoms with E-state index >= 15 is 0 Å². The summed E-state index contributed by atoms with van der Waals surface area (Å²) in [4.78, 5) is 12.4. The molecule has 2 aliphatic rings. The summed E-state index contributed by atoms with van der Waals surface area (Å²) in [5.41, 5.74) is 2.49. The first-order valence-electron chi connectivity index (χ1n) is 7.38. The molecule has 2 nitrogen and oxygen atoms in total. The van der Waals surface area contributed by atoms with Gasteiger partial charge in [-0.25, -0.2) is 0 Å². The van der Waals surface area contributed by atoms with E-state index in [-0.39, 0.29) is 11.7 Å². The second-order valence-corrected chi connectivity index (χ2v) is 6.40. The molecule has 1 heterocycles. The summed E-state index contributed by atoms with van der Waals surface area (Å²) in [7, 11) is 0. The Morgan fingerprint density at radius 1 is 1.43 bits per heavy atom. The van der Waals surface area contributed by atoms with Gasteiger partial charge in [-0.2, -0.15) is 0 Å². The van der Waals surface area contributed by atoms with E-state index in [0.717, 1.165) is 23.3 Å². The lowest BCUT2D eigenvalue weighted by Gasteiger charge is -2.24. The fraction of sp³-hybridized carbons (Fsp3) is 0.389. The quantitative estimate of drug-likeness (QED) is 0.760. The molecule has 1 saturated carbocycles. The van der Waals surface area contributed by atoms with Crippen LogP contribution in [-0.4, -0.2) is 5.78 Å². The minimum absolute atomic E-state index is 0.145. The van der Waals surface area contributed by atoms with Gasteiger partial charge in [0.15, 0.2) is 5.78 Å². The van der Waals surface area contributed by atoms with Crippen LogP contribution in [0.1, 0.15) is 47.6 Å². The van der Waals surface area contributed by atoms with E-state index in [4.69, 9.17) is 16.0 Å². The Morgan fingerprint density at radius 2 is 2.14 bits per heavy atom. The zero-order chi connectivity index (χ0) is 15.1. The Kier molecular flexibility index (Phi) is 3.66. The maximum atomic E-state index is 12.4. The first-order valence-corrected chi connectivity index (χ1v) is 7.76. The number of rotatable bonds is 3. The second-order valence-electron chi connectivity index (χ2n) is 5.94. The molecule has 1 fully saturated rings. The molecule has 0 saturated heterocycles. The molecule has 0 aromatic carbocycles. The van der Waals surface area contributed by atoms with E-state index in [2.05, 4.69) is 13.2 Å². The van der Waals surface area contributed by atoms with Crippen molar-refractivity contribution in [1.29, 1.82) is 0 Å². The summed E-state index contributed by atoms with van der Waals surface area (Å²) >= 11 is 6.31. The van der Waals surface area contributed by atoms with E-state index in [1.165, 1.54) is 12.8 Å². The van der Waals surface area contributed by atoms with E-state index < -0.39 is 0 Å². The normalized spacial score (nSPS) is 22.6. The Bertz CT molecular complexity index is 659. The lowest BCUT2D eigenvalue weighted by Crippen LogP contribution is -2.15. The van der Waals surface area contributed by atoms with Gasteiger partial charge in [-0.1, -0.05) is 30.8 Å². The molecule has 0 spiro atoms. The predicted octanol–water partition coefficient (Wildman–Crippen LogP) is 5.28. The zero-order valence-corrected chi connectivity index (χ0v) is 13.0. The van der Waals surface area contributed by atoms with Crippen LogP contribution in [0.25, 0.3) is 5.57 Å². The van der Waals surface area contributed by atoms with Crippen molar-refractivity contribution in [2.45, 2.75) is 32.6 Å². The van der Waals surface area contributed by atoms with Gasteiger partial charge in [0.05, 0.1) is 5.56 Å². The third-order valence-corrected chi connectivity index (χ3v) is 4.63. The van der Waals surface area contributed by atoms with Crippen molar-refractivity contribution in [2.75, 3.05) is 0 Å². The first kappa shape index (κ1) is 14.4. The van der Waals surface area contributed by atoms with Crippen molar-refractivity contribution < 1.29 is 9.21 Å². The lowest BCUT2D eigenvalue weighted by atomic mass is 9.81. The molecule has 2 aliphatic carbocycles. The van der Waals surface area contributed by atoms with Gasteiger partial charge in [-0.05, 0) is 49.7 Å². The third-order valence-electron chi connectivity index (χ3n) is 4.43. The largest absolute Gasteiger partial charge is 0.461 e. The Morgan fingerprint density at radius 3 is 2.71 bits per heavy atom. The molecule has 1 aromatic rings. The minimum Gasteiger partial charge on any atom is -0.461 e. The number of fused-ring (bicyclic) bond motifs is 1. The van der Waals surface area contributed by atoms with Gasteiger partial charge in [-0.3, -0.25) is 4.79 Å². The number of furan rings is 1. The molecule has 1 unspecified atom stereocenters. The minimum atomic E-state index is 0.145. The topological polar surface area (TPSA) is 30.2 Å². The Balaban J connectivity index is 2.25. The van der Waals surface area contributed by atoms with Gasteiger partial charge in [0, 0.05) is 17.0 Å². The zero-order valence-electron chi connectivity index (χ0n) is 12.2. The fourth-order valence-corrected chi connectivity index (χ4v) is 3.57. The van der Waals surface area contributed by atoms with Crippen LogP contribution in [0.15, 0.2) is 40.3 Å². The van der Waals surface area contributed by atoms with Crippen LogP contribution in [0.3, 0.4) is 0 Å². The number of hydrogen-bond acceptors (Lipinski definition) is 2. The van der Waals surface area contributed by atoms with Gasteiger partial charge in [0.25, 0.3) is 0 Å². The SMILES string of the molecule is C=CC1=C(C(=C)Cl)C(C2CC2)CCC(=O)c2cc(C)oc21. The number of carbonyl (C=O) groups excluding carboxylic acids is 1. The van der Waals surface area contributed by atoms with Gasteiger partial charge in [0.1, 0.15) is 11.5 Å². The summed E-state index contributed by atoms with van der Waals surface area (Å²) in [6.45, 7) is 9.70. The van der Waals surface area contributed by atoms with Crippen molar-refractivity contribution in [3.63, 3.8) is 0 Å². The molecule has 0 bridgehead atoms. The van der Waals surface area contributed by atoms with Crippen LogP contribution < -0.4 is 0 Å². The molecule has 0 radical (unpaired) electrons. The van der Waals surface area contributed by atoms with Gasteiger partial charge in [-0.15, -0.1) is 0 Å². The monoisotopic (exact) mass is 302 g/mol. The van der Waals surface area contributed by atoms with E-state index in [1.807, 2.05) is 13.0 Å². The summed E-state index contributed by atoms with van der Waals surface area (Å²) in [6.07, 6.45) is 5.50. The summed E-state index contributed by atoms with van der Waals surface area (Å²) in [5, 5.41) is 0.538. The van der Waals surface area contributed by atoms with E-state index in [0.29, 0.717) is 28.7 Å². The van der Waals surface area contributed by atoms with Gasteiger partial charge in [0.2, 0.25) is 0 Å². The highest BCUT2D eigenvalue weighted by Crippen LogP contribution is 2.49. The molecule has 3 rings (SSSR count). The van der Waals surface area contributed by atoms with Crippen molar-refractivity contribution in [2.24, 2.45) is 11.8 Å². The number of carbonyl (C=O) groups is 1. The van der Waals surface area contributed by atoms with Crippen molar-refractivity contribution in [1.82, 2.24) is 0 Å². The molecular weight excluding hydrogens is 284 g/mol. The molecule has 0 N–H and O–H groups in total. The number of Topliss-reactive ketones (excluding diaryl/α,β-unsaturated/α-hetero) is 1. The van der Waals surface area contributed by atoms with Crippen molar-refractivity contribution in [3.8, 4) is 0 Å². The van der Waals surface area contributed by atoms with Crippen LogP contribution >= 0.6 is 11.6 Å². The average molecular weight is 303 g/mol. The predicted molar refractivity (Wildman–Crippen MR) is 85.3 cm³/mol. The van der Waals surface area contributed by atoms with Crippen LogP contribution in [0.4, 0.5) is 0 Å². The maximum Gasteiger partial charge on any atom is 0.166 e. The van der Waals surface area contributed by atoms with Crippen molar-refractivity contribution in [3.05, 3.63) is 53.0 Å². The fourth-order valence-electron chi connectivity index (χ4n) is 3.33. The number of allylic oxidation sites excluding steroid dienone is 4. The molecule has 110 valence electrons. The number of halogens is 1. The standard InChI is InChI=1S/C18H19ClO2/c1-4-13-17(11(3)19)14(12-5-6-12)7-8-16(20)15-9-10(2)21-18(13)15/h4,9,12,14H,1,3,5-8H2,2H3. The van der Waals surface area contributed by atoms with Crippen LogP contribution in [0.5, 0.6) is 0 Å². The van der Waals surface area contributed by atoms with Crippen LogP contribution in [-0.2, 0) is 0 Å². The molecule has 0 aliphatic heterocycles. The Labute approximate surface area is 130 Å². The van der Waals surface area contributed by atoms with Crippen LogP contribution in [0.2, 0.25) is 0 Å². The highest BCUT2D eigenvalue weighted by molar-refractivity contribution is 6.32. The van der Waals surface area contributed by atoms with Crippen molar-refractivity contribution >= 4 is 23.0 Å². The number of ketones is 1. The molecule has 21 heavy (non-hydrogen) atoms. The highest BCUT2D eigenvalue weighted by Gasteiger charge is 2.38. The molecular formula is C18H19ClO2. The summed E-state index contributed by atoms with van der Waals surface area (Å²) < 4.78 is 5.79. The highest BCUT2D eigenvalue weighted by atomic mass is 35.5. The van der Waals surface area contributed by atoms with E-state index in [9.17, 15) is 4.79 Å². The number of hydrogen-bond donors (Lipinski definition) is 0. The first-order chi connectivity index (χ1) is 10.0. The Hall–Kier alpha value is -1.54. The lowest BCUT2D eigenvalue weighted by molar-refractivity contribution is 0.0972. The summed E-state index contributed by atoms with van der Waals surface area (Å²) in [5.74, 6) is 2.37. The summed E-state index contributed by atoms with van der Waals surface area (Å²) in [6, 6.07) is 1.81. The van der Waals surface area contributed by atoms with Crippen LogP contribution in [0, 0.1) is 18.8 Å². The number of aryl methyl sites for hydroxylation is 1. The van der Waals surface area contributed by atoms with E-state index in [1.54, 1.807) is 6.08 Å². The molecule has 1 atom stereocenters. The van der Waals surface area contributed by atoms with Gasteiger partial charge < -0.3 is 4.42 Å². The van der Waals surface area contributed by atoms with Gasteiger partial charge >= 0.3 is 0 Å². The molecule has 3 heteroatoms. The second kappa shape index (κ2) is 5.34. The smallest absolute Gasteiger partial charge is 0.166 e. The average Bonchev–Trinajstić information content (AvgIpc) is 3.19. The molecule has 1 aromatic heterocycles. The molecule has 0 amide bonds. The maximum absolute atomic E-state index is 12.4.